The van der Waals surface area contributed by atoms with Crippen LogP contribution in [0.5, 0.6) is 0 Å². The summed E-state index contributed by atoms with van der Waals surface area (Å²) in [6, 6.07) is 20.9. The summed E-state index contributed by atoms with van der Waals surface area (Å²) in [5, 5.41) is 0. The molecule has 0 atom stereocenters. The molecule has 4 N–H and O–H groups in total. The molecule has 3 aromatic carbocycles. The maximum absolute atomic E-state index is 6.39. The van der Waals surface area contributed by atoms with Gasteiger partial charge in [0, 0.05) is 22.4 Å². The van der Waals surface area contributed by atoms with Crippen molar-refractivity contribution in [2.75, 3.05) is 11.5 Å². The molecule has 2 heteroatoms. The van der Waals surface area contributed by atoms with Crippen LogP contribution < -0.4 is 11.5 Å². The molecule has 23 heavy (non-hydrogen) atoms. The van der Waals surface area contributed by atoms with Gasteiger partial charge in [-0.15, -0.1) is 0 Å². The zero-order chi connectivity index (χ0) is 16.2. The lowest BCUT2D eigenvalue weighted by atomic mass is 9.82. The maximum Gasteiger partial charge on any atom is 0.0397 e. The Bertz CT molecular complexity index is 906. The highest BCUT2D eigenvalue weighted by Crippen LogP contribution is 2.50. The normalized spacial score (nSPS) is 14.3. The molecule has 4 rings (SSSR count). The lowest BCUT2D eigenvalue weighted by molar-refractivity contribution is 0.661. The minimum atomic E-state index is -0.0142. The third-order valence-electron chi connectivity index (χ3n) is 4.98. The summed E-state index contributed by atoms with van der Waals surface area (Å²) in [5.41, 5.74) is 21.2. The molecular weight excluding hydrogens is 280 g/mol. The number of hydrogen-bond donors (Lipinski definition) is 2. The molecule has 0 spiro atoms. The summed E-state index contributed by atoms with van der Waals surface area (Å²) in [5.74, 6) is 0. The third-order valence-corrected chi connectivity index (χ3v) is 4.98. The summed E-state index contributed by atoms with van der Waals surface area (Å²) in [6.07, 6.45) is 0. The summed E-state index contributed by atoms with van der Waals surface area (Å²) in [4.78, 5) is 0. The standard InChI is InChI=1S/C21H20N2/c1-21(2)18-6-4-3-5-15(18)17-11-16(20(23)12-19(17)21)13-7-9-14(22)10-8-13/h3-12H,22-23H2,1-2H3. The lowest BCUT2D eigenvalue weighted by Gasteiger charge is -2.22. The Morgan fingerprint density at radius 3 is 2.13 bits per heavy atom. The van der Waals surface area contributed by atoms with E-state index < -0.39 is 0 Å². The van der Waals surface area contributed by atoms with E-state index in [9.17, 15) is 0 Å². The second-order valence-electron chi connectivity index (χ2n) is 6.78. The van der Waals surface area contributed by atoms with E-state index in [2.05, 4.69) is 50.2 Å². The minimum Gasteiger partial charge on any atom is -0.399 e. The molecule has 0 aromatic heterocycles. The largest absolute Gasteiger partial charge is 0.399 e. The smallest absolute Gasteiger partial charge is 0.0397 e. The van der Waals surface area contributed by atoms with E-state index >= 15 is 0 Å². The van der Waals surface area contributed by atoms with E-state index in [0.717, 1.165) is 22.5 Å². The van der Waals surface area contributed by atoms with Gasteiger partial charge in [-0.2, -0.15) is 0 Å². The average molecular weight is 300 g/mol. The molecule has 0 aliphatic heterocycles. The van der Waals surface area contributed by atoms with Crippen LogP contribution in [0.2, 0.25) is 0 Å². The van der Waals surface area contributed by atoms with Crippen LogP contribution in [-0.2, 0) is 5.41 Å². The summed E-state index contributed by atoms with van der Waals surface area (Å²) in [7, 11) is 0. The monoisotopic (exact) mass is 300 g/mol. The highest BCUT2D eigenvalue weighted by molar-refractivity contribution is 5.89. The number of rotatable bonds is 1. The molecule has 114 valence electrons. The second-order valence-corrected chi connectivity index (χ2v) is 6.78. The maximum atomic E-state index is 6.39. The van der Waals surface area contributed by atoms with Crippen LogP contribution in [0.1, 0.15) is 25.0 Å². The van der Waals surface area contributed by atoms with Crippen LogP contribution in [0.3, 0.4) is 0 Å². The van der Waals surface area contributed by atoms with Crippen LogP contribution in [0, 0.1) is 0 Å². The lowest BCUT2D eigenvalue weighted by Crippen LogP contribution is -2.15. The van der Waals surface area contributed by atoms with Gasteiger partial charge in [0.2, 0.25) is 0 Å². The molecule has 1 aliphatic carbocycles. The molecule has 3 aromatic rings. The first-order chi connectivity index (χ1) is 11.0. The van der Waals surface area contributed by atoms with Crippen molar-refractivity contribution < 1.29 is 0 Å². The molecule has 0 bridgehead atoms. The SMILES string of the molecule is CC1(C)c2ccccc2-c2cc(-c3ccc(N)cc3)c(N)cc21. The fourth-order valence-corrected chi connectivity index (χ4v) is 3.68. The van der Waals surface area contributed by atoms with Gasteiger partial charge < -0.3 is 11.5 Å². The Kier molecular flexibility index (Phi) is 2.79. The molecule has 1 aliphatic rings. The number of anilines is 2. The van der Waals surface area contributed by atoms with Crippen LogP contribution >= 0.6 is 0 Å². The summed E-state index contributed by atoms with van der Waals surface area (Å²) in [6.45, 7) is 4.53. The predicted octanol–water partition coefficient (Wildman–Crippen LogP) is 4.82. The predicted molar refractivity (Wildman–Crippen MR) is 98.3 cm³/mol. The topological polar surface area (TPSA) is 52.0 Å². The first-order valence-corrected chi connectivity index (χ1v) is 7.88. The fourth-order valence-electron chi connectivity index (χ4n) is 3.68. The number of fused-ring (bicyclic) bond motifs is 3. The zero-order valence-corrected chi connectivity index (χ0v) is 13.4. The van der Waals surface area contributed by atoms with Crippen molar-refractivity contribution in [1.82, 2.24) is 0 Å². The molecule has 0 unspecified atom stereocenters. The number of benzene rings is 3. The molecular formula is C21H20N2. The Hall–Kier alpha value is -2.74. The van der Waals surface area contributed by atoms with Crippen molar-refractivity contribution in [3.8, 4) is 22.3 Å². The van der Waals surface area contributed by atoms with E-state index in [4.69, 9.17) is 11.5 Å². The molecule has 0 saturated carbocycles. The van der Waals surface area contributed by atoms with Crippen LogP contribution in [0.4, 0.5) is 11.4 Å². The van der Waals surface area contributed by atoms with E-state index in [-0.39, 0.29) is 5.41 Å². The van der Waals surface area contributed by atoms with Gasteiger partial charge in [-0.05, 0) is 52.1 Å². The van der Waals surface area contributed by atoms with E-state index in [0.29, 0.717) is 0 Å². The van der Waals surface area contributed by atoms with Crippen molar-refractivity contribution in [3.63, 3.8) is 0 Å². The third kappa shape index (κ3) is 1.95. The zero-order valence-electron chi connectivity index (χ0n) is 13.4. The van der Waals surface area contributed by atoms with E-state index in [1.54, 1.807) is 0 Å². The molecule has 0 radical (unpaired) electrons. The molecule has 0 heterocycles. The van der Waals surface area contributed by atoms with Gasteiger partial charge in [0.25, 0.3) is 0 Å². The Morgan fingerprint density at radius 1 is 0.696 bits per heavy atom. The molecule has 0 fully saturated rings. The first-order valence-electron chi connectivity index (χ1n) is 7.88. The number of nitrogen functional groups attached to an aromatic ring is 2. The first kappa shape index (κ1) is 13.9. The molecule has 0 saturated heterocycles. The Balaban J connectivity index is 1.98. The van der Waals surface area contributed by atoms with Gasteiger partial charge in [-0.1, -0.05) is 50.2 Å². The van der Waals surface area contributed by atoms with Crippen LogP contribution in [0.25, 0.3) is 22.3 Å². The van der Waals surface area contributed by atoms with Crippen molar-refractivity contribution in [2.24, 2.45) is 0 Å². The fraction of sp³-hybridized carbons (Fsp3) is 0.143. The van der Waals surface area contributed by atoms with Crippen molar-refractivity contribution in [2.45, 2.75) is 19.3 Å². The summed E-state index contributed by atoms with van der Waals surface area (Å²) >= 11 is 0. The number of hydrogen-bond acceptors (Lipinski definition) is 2. The highest BCUT2D eigenvalue weighted by Gasteiger charge is 2.35. The van der Waals surface area contributed by atoms with Crippen LogP contribution in [0.15, 0.2) is 60.7 Å². The quantitative estimate of drug-likeness (QED) is 0.633. The Morgan fingerprint density at radius 2 is 1.39 bits per heavy atom. The molecule has 2 nitrogen and oxygen atoms in total. The van der Waals surface area contributed by atoms with Gasteiger partial charge >= 0.3 is 0 Å². The Labute approximate surface area is 136 Å². The average Bonchev–Trinajstić information content (AvgIpc) is 2.76. The second kappa shape index (κ2) is 4.63. The number of nitrogens with two attached hydrogens (primary N) is 2. The van der Waals surface area contributed by atoms with Gasteiger partial charge in [-0.3, -0.25) is 0 Å². The minimum absolute atomic E-state index is 0.0142. The molecule has 0 amide bonds. The van der Waals surface area contributed by atoms with Gasteiger partial charge in [0.15, 0.2) is 0 Å². The van der Waals surface area contributed by atoms with E-state index in [1.807, 2.05) is 24.3 Å². The van der Waals surface area contributed by atoms with E-state index in [1.165, 1.54) is 22.3 Å². The van der Waals surface area contributed by atoms with Gasteiger partial charge in [0.1, 0.15) is 0 Å². The van der Waals surface area contributed by atoms with Crippen molar-refractivity contribution >= 4 is 11.4 Å². The van der Waals surface area contributed by atoms with Crippen LogP contribution in [-0.4, -0.2) is 0 Å². The van der Waals surface area contributed by atoms with Gasteiger partial charge in [-0.25, -0.2) is 0 Å². The summed E-state index contributed by atoms with van der Waals surface area (Å²) < 4.78 is 0. The van der Waals surface area contributed by atoms with Crippen molar-refractivity contribution in [3.05, 3.63) is 71.8 Å². The van der Waals surface area contributed by atoms with Gasteiger partial charge in [0.05, 0.1) is 0 Å². The highest BCUT2D eigenvalue weighted by atomic mass is 14.6. The van der Waals surface area contributed by atoms with Crippen molar-refractivity contribution in [1.29, 1.82) is 0 Å².